The predicted molar refractivity (Wildman–Crippen MR) is 117 cm³/mol. The fourth-order valence-electron chi connectivity index (χ4n) is 3.70. The Hall–Kier alpha value is -3.16. The van der Waals surface area contributed by atoms with E-state index in [2.05, 4.69) is 26.7 Å². The van der Waals surface area contributed by atoms with Gasteiger partial charge in [0.25, 0.3) is 0 Å². The molecule has 1 amide bonds. The summed E-state index contributed by atoms with van der Waals surface area (Å²) in [4.78, 5) is 27.9. The molecule has 4 rings (SSSR count). The molecule has 30 heavy (non-hydrogen) atoms. The maximum absolute atomic E-state index is 11.4. The maximum atomic E-state index is 11.4. The second-order valence-corrected chi connectivity index (χ2v) is 7.42. The molecule has 0 saturated carbocycles. The van der Waals surface area contributed by atoms with Crippen LogP contribution >= 0.6 is 0 Å². The van der Waals surface area contributed by atoms with Gasteiger partial charge in [0.2, 0.25) is 11.9 Å². The van der Waals surface area contributed by atoms with Crippen molar-refractivity contribution in [1.82, 2.24) is 24.8 Å². The van der Waals surface area contributed by atoms with Crippen LogP contribution in [0.15, 0.2) is 30.6 Å². The number of nitrogens with zero attached hydrogens (tertiary/aromatic N) is 5. The molecule has 1 aromatic carbocycles. The molecule has 0 spiro atoms. The zero-order chi connectivity index (χ0) is 20.9. The Kier molecular flexibility index (Phi) is 6.11. The van der Waals surface area contributed by atoms with Gasteiger partial charge in [0.15, 0.2) is 5.65 Å². The summed E-state index contributed by atoms with van der Waals surface area (Å²) < 4.78 is 7.93. The van der Waals surface area contributed by atoms with Gasteiger partial charge in [-0.2, -0.15) is 4.98 Å². The minimum atomic E-state index is 0.0247. The standard InChI is InChI=1S/C22H28N6O2/c1-3-27-15-24-20-19(25-22(26-21(20)27)28-11-4-5-12-28)16-8-6-9-17(14-16)30-13-7-10-18(29)23-2/h6,8-9,14-15H,3-5,7,10-13H2,1-2H3,(H,23,29). The third kappa shape index (κ3) is 4.22. The van der Waals surface area contributed by atoms with Crippen molar-refractivity contribution in [2.75, 3.05) is 31.6 Å². The van der Waals surface area contributed by atoms with E-state index in [4.69, 9.17) is 14.7 Å². The van der Waals surface area contributed by atoms with Crippen LogP contribution in [-0.2, 0) is 11.3 Å². The number of rotatable bonds is 8. The van der Waals surface area contributed by atoms with Crippen LogP contribution in [0.3, 0.4) is 0 Å². The summed E-state index contributed by atoms with van der Waals surface area (Å²) in [7, 11) is 1.64. The van der Waals surface area contributed by atoms with Crippen LogP contribution in [0.1, 0.15) is 32.6 Å². The summed E-state index contributed by atoms with van der Waals surface area (Å²) >= 11 is 0. The molecule has 3 heterocycles. The molecular weight excluding hydrogens is 380 g/mol. The highest BCUT2D eigenvalue weighted by atomic mass is 16.5. The van der Waals surface area contributed by atoms with Crippen LogP contribution in [0.4, 0.5) is 5.95 Å². The van der Waals surface area contributed by atoms with Crippen molar-refractivity contribution in [2.24, 2.45) is 0 Å². The molecule has 1 aliphatic rings. The molecule has 1 saturated heterocycles. The lowest BCUT2D eigenvalue weighted by molar-refractivity contribution is -0.120. The zero-order valence-corrected chi connectivity index (χ0v) is 17.6. The van der Waals surface area contributed by atoms with Gasteiger partial charge in [-0.1, -0.05) is 12.1 Å². The van der Waals surface area contributed by atoms with Gasteiger partial charge < -0.3 is 19.5 Å². The van der Waals surface area contributed by atoms with E-state index >= 15 is 0 Å². The number of ether oxygens (including phenoxy) is 1. The van der Waals surface area contributed by atoms with Gasteiger partial charge in [0, 0.05) is 38.7 Å². The van der Waals surface area contributed by atoms with Crippen molar-refractivity contribution in [3.63, 3.8) is 0 Å². The molecular formula is C22H28N6O2. The first-order valence-electron chi connectivity index (χ1n) is 10.6. The fraction of sp³-hybridized carbons (Fsp3) is 0.455. The van der Waals surface area contributed by atoms with Crippen LogP contribution in [0.5, 0.6) is 5.75 Å². The lowest BCUT2D eigenvalue weighted by Crippen LogP contribution is -2.21. The Balaban J connectivity index is 1.63. The SMILES string of the molecule is CCn1cnc2c(-c3cccc(OCCCC(=O)NC)c3)nc(N3CCCC3)nc21. The van der Waals surface area contributed by atoms with E-state index in [0.29, 0.717) is 19.4 Å². The monoisotopic (exact) mass is 408 g/mol. The lowest BCUT2D eigenvalue weighted by atomic mass is 10.1. The third-order valence-electron chi connectivity index (χ3n) is 5.38. The number of aromatic nitrogens is 4. The third-order valence-corrected chi connectivity index (χ3v) is 5.38. The van der Waals surface area contributed by atoms with Gasteiger partial charge in [-0.25, -0.2) is 9.97 Å². The van der Waals surface area contributed by atoms with Gasteiger partial charge in [0.1, 0.15) is 17.0 Å². The molecule has 3 aromatic rings. The molecule has 1 aliphatic heterocycles. The van der Waals surface area contributed by atoms with Crippen LogP contribution in [0.2, 0.25) is 0 Å². The number of fused-ring (bicyclic) bond motifs is 1. The first-order valence-corrected chi connectivity index (χ1v) is 10.6. The van der Waals surface area contributed by atoms with E-state index in [1.54, 1.807) is 7.05 Å². The topological polar surface area (TPSA) is 85.2 Å². The summed E-state index contributed by atoms with van der Waals surface area (Å²) in [5.41, 5.74) is 3.44. The van der Waals surface area contributed by atoms with Gasteiger partial charge >= 0.3 is 0 Å². The molecule has 0 radical (unpaired) electrons. The molecule has 8 heteroatoms. The normalized spacial score (nSPS) is 13.7. The van der Waals surface area contributed by atoms with Crippen LogP contribution < -0.4 is 15.0 Å². The number of benzene rings is 1. The molecule has 0 unspecified atom stereocenters. The summed E-state index contributed by atoms with van der Waals surface area (Å²) in [5, 5.41) is 2.62. The van der Waals surface area contributed by atoms with Crippen molar-refractivity contribution in [2.45, 2.75) is 39.2 Å². The molecule has 1 fully saturated rings. The van der Waals surface area contributed by atoms with E-state index in [1.807, 2.05) is 30.6 Å². The number of aryl methyl sites for hydroxylation is 1. The van der Waals surface area contributed by atoms with E-state index in [1.165, 1.54) is 12.8 Å². The van der Waals surface area contributed by atoms with E-state index in [-0.39, 0.29) is 5.91 Å². The van der Waals surface area contributed by atoms with Crippen molar-refractivity contribution in [3.05, 3.63) is 30.6 Å². The first-order chi connectivity index (χ1) is 14.7. The van der Waals surface area contributed by atoms with E-state index < -0.39 is 0 Å². The molecule has 0 bridgehead atoms. The van der Waals surface area contributed by atoms with E-state index in [9.17, 15) is 4.79 Å². The van der Waals surface area contributed by atoms with Crippen LogP contribution in [-0.4, -0.2) is 52.2 Å². The van der Waals surface area contributed by atoms with Gasteiger partial charge in [-0.05, 0) is 38.3 Å². The summed E-state index contributed by atoms with van der Waals surface area (Å²) in [6.07, 6.45) is 5.29. The lowest BCUT2D eigenvalue weighted by Gasteiger charge is -2.17. The quantitative estimate of drug-likeness (QED) is 0.577. The van der Waals surface area contributed by atoms with E-state index in [0.717, 1.165) is 53.8 Å². The molecule has 158 valence electrons. The van der Waals surface area contributed by atoms with Crippen LogP contribution in [0.25, 0.3) is 22.4 Å². The second kappa shape index (κ2) is 9.11. The minimum Gasteiger partial charge on any atom is -0.494 e. The molecule has 1 N–H and O–H groups in total. The zero-order valence-electron chi connectivity index (χ0n) is 17.6. The highest BCUT2D eigenvalue weighted by Gasteiger charge is 2.20. The average Bonchev–Trinajstić information content (AvgIpc) is 3.46. The van der Waals surface area contributed by atoms with Gasteiger partial charge in [-0.3, -0.25) is 4.79 Å². The second-order valence-electron chi connectivity index (χ2n) is 7.42. The summed E-state index contributed by atoms with van der Waals surface area (Å²) in [5.74, 6) is 1.55. The first kappa shape index (κ1) is 20.1. The Morgan fingerprint density at radius 2 is 2.07 bits per heavy atom. The van der Waals surface area contributed by atoms with Gasteiger partial charge in [-0.15, -0.1) is 0 Å². The minimum absolute atomic E-state index is 0.0247. The number of amides is 1. The summed E-state index contributed by atoms with van der Waals surface area (Å²) in [6.45, 7) is 5.35. The van der Waals surface area contributed by atoms with Gasteiger partial charge in [0.05, 0.1) is 12.9 Å². The highest BCUT2D eigenvalue weighted by Crippen LogP contribution is 2.30. The van der Waals surface area contributed by atoms with Crippen molar-refractivity contribution < 1.29 is 9.53 Å². The predicted octanol–water partition coefficient (Wildman–Crippen LogP) is 3.02. The Labute approximate surface area is 176 Å². The van der Waals surface area contributed by atoms with Crippen molar-refractivity contribution in [1.29, 1.82) is 0 Å². The fourth-order valence-corrected chi connectivity index (χ4v) is 3.70. The highest BCUT2D eigenvalue weighted by molar-refractivity contribution is 5.88. The maximum Gasteiger partial charge on any atom is 0.228 e. The van der Waals surface area contributed by atoms with Crippen molar-refractivity contribution >= 4 is 23.0 Å². The van der Waals surface area contributed by atoms with Crippen LogP contribution in [0, 0.1) is 0 Å². The average molecular weight is 409 g/mol. The Morgan fingerprint density at radius 3 is 2.83 bits per heavy atom. The number of nitrogens with one attached hydrogen (secondary N) is 1. The summed E-state index contributed by atoms with van der Waals surface area (Å²) in [6, 6.07) is 7.90. The molecule has 8 nitrogen and oxygen atoms in total. The Morgan fingerprint density at radius 1 is 1.23 bits per heavy atom. The number of imidazole rings is 1. The smallest absolute Gasteiger partial charge is 0.228 e. The number of carbonyl (C=O) groups excluding carboxylic acids is 1. The molecule has 2 aromatic heterocycles. The molecule has 0 aliphatic carbocycles. The van der Waals surface area contributed by atoms with Crippen molar-refractivity contribution in [3.8, 4) is 17.0 Å². The number of hydrogen-bond acceptors (Lipinski definition) is 6. The number of anilines is 1. The number of hydrogen-bond donors (Lipinski definition) is 1. The largest absolute Gasteiger partial charge is 0.494 e. The Bertz CT molecular complexity index is 1030. The number of carbonyl (C=O) groups is 1. The molecule has 0 atom stereocenters.